The first-order valence-corrected chi connectivity index (χ1v) is 11.4. The fourth-order valence-corrected chi connectivity index (χ4v) is 4.37. The predicted octanol–water partition coefficient (Wildman–Crippen LogP) is 2.43. The Kier molecular flexibility index (Phi) is 7.02. The van der Waals surface area contributed by atoms with Gasteiger partial charge >= 0.3 is 12.1 Å². The molecule has 3 aromatic rings. The van der Waals surface area contributed by atoms with Crippen molar-refractivity contribution in [1.29, 1.82) is 0 Å². The molecule has 2 amide bonds. The Morgan fingerprint density at radius 1 is 1.16 bits per heavy atom. The third-order valence-corrected chi connectivity index (χ3v) is 6.27. The van der Waals surface area contributed by atoms with Gasteiger partial charge in [0.2, 0.25) is 11.8 Å². The summed E-state index contributed by atoms with van der Waals surface area (Å²) < 4.78 is 55.7. The molecule has 1 aliphatic rings. The minimum absolute atomic E-state index is 0.0255. The number of amides is 2. The van der Waals surface area contributed by atoms with Crippen LogP contribution in [-0.4, -0.2) is 59.5 Å². The molecule has 0 bridgehead atoms. The first-order valence-electron chi connectivity index (χ1n) is 11.4. The quantitative estimate of drug-likeness (QED) is 0.451. The summed E-state index contributed by atoms with van der Waals surface area (Å²) in [6, 6.07) is 2.98. The number of aromatic nitrogens is 2. The normalized spacial score (nSPS) is 18.4. The monoisotopic (exact) mass is 535 g/mol. The van der Waals surface area contributed by atoms with Crippen molar-refractivity contribution in [3.05, 3.63) is 41.4 Å². The molecule has 2 aromatic heterocycles. The molecule has 1 aliphatic heterocycles. The first-order chi connectivity index (χ1) is 17.9. The average Bonchev–Trinajstić information content (AvgIpc) is 3.52. The van der Waals surface area contributed by atoms with E-state index in [1.54, 1.807) is 6.92 Å². The number of fused-ring (bicyclic) bond motifs is 1. The van der Waals surface area contributed by atoms with Gasteiger partial charge in [0.15, 0.2) is 11.5 Å². The topological polar surface area (TPSA) is 164 Å². The van der Waals surface area contributed by atoms with Gasteiger partial charge in [-0.2, -0.15) is 13.2 Å². The number of benzene rings is 1. The summed E-state index contributed by atoms with van der Waals surface area (Å²) in [5, 5.41) is 0.219. The van der Waals surface area contributed by atoms with Crippen LogP contribution in [0.2, 0.25) is 0 Å². The second-order valence-electron chi connectivity index (χ2n) is 8.76. The zero-order chi connectivity index (χ0) is 27.9. The van der Waals surface area contributed by atoms with Crippen molar-refractivity contribution in [3.63, 3.8) is 0 Å². The highest BCUT2D eigenvalue weighted by atomic mass is 19.4. The molecule has 38 heavy (non-hydrogen) atoms. The molecule has 0 aliphatic carbocycles. The van der Waals surface area contributed by atoms with E-state index < -0.39 is 47.7 Å². The maximum Gasteiger partial charge on any atom is 0.433 e. The van der Waals surface area contributed by atoms with E-state index in [0.717, 1.165) is 18.1 Å². The van der Waals surface area contributed by atoms with Crippen LogP contribution < -0.4 is 16.2 Å². The highest BCUT2D eigenvalue weighted by Gasteiger charge is 2.44. The number of pyridine rings is 1. The molecule has 202 valence electrons. The lowest BCUT2D eigenvalue weighted by atomic mass is 10.1. The first kappa shape index (κ1) is 26.9. The predicted molar refractivity (Wildman–Crippen MR) is 126 cm³/mol. The van der Waals surface area contributed by atoms with E-state index in [9.17, 15) is 27.6 Å². The van der Waals surface area contributed by atoms with Gasteiger partial charge in [0, 0.05) is 17.5 Å². The molecule has 0 unspecified atom stereocenters. The van der Waals surface area contributed by atoms with Gasteiger partial charge < -0.3 is 30.3 Å². The maximum absolute atomic E-state index is 13.6. The van der Waals surface area contributed by atoms with E-state index in [2.05, 4.69) is 9.97 Å². The van der Waals surface area contributed by atoms with Crippen molar-refractivity contribution in [2.45, 2.75) is 31.6 Å². The smallest absolute Gasteiger partial charge is 0.433 e. The average molecular weight is 535 g/mol. The fraction of sp³-hybridized carbons (Fsp3) is 0.375. The molecule has 14 heteroatoms. The number of nitrogens with zero attached hydrogens (tertiary/aromatic N) is 3. The fourth-order valence-electron chi connectivity index (χ4n) is 4.37. The molecular formula is C24H24F3N5O6. The Hall–Kier alpha value is -4.20. The van der Waals surface area contributed by atoms with Crippen molar-refractivity contribution in [3.8, 4) is 17.2 Å². The van der Waals surface area contributed by atoms with Crippen LogP contribution in [0, 0.1) is 5.92 Å². The SMILES string of the molecule is COC(=O)[C@@H]1C[C@@H](C(N)=O)CN1C(=O)c1nc(-c2ccc(OC)c3nc(C(F)(F)F)ccc23)oc1[C@H](C)N. The number of halogens is 3. The van der Waals surface area contributed by atoms with Crippen molar-refractivity contribution < 1.29 is 41.4 Å². The lowest BCUT2D eigenvalue weighted by Crippen LogP contribution is -2.42. The molecule has 3 atom stereocenters. The molecule has 0 saturated carbocycles. The minimum atomic E-state index is -4.69. The lowest BCUT2D eigenvalue weighted by molar-refractivity contribution is -0.145. The van der Waals surface area contributed by atoms with Crippen LogP contribution in [0.25, 0.3) is 22.4 Å². The van der Waals surface area contributed by atoms with Crippen LogP contribution in [0.15, 0.2) is 28.7 Å². The summed E-state index contributed by atoms with van der Waals surface area (Å²) in [6.45, 7) is 1.39. The lowest BCUT2D eigenvalue weighted by Gasteiger charge is -2.22. The number of likely N-dealkylation sites (tertiary alicyclic amines) is 1. The number of oxazole rings is 1. The summed E-state index contributed by atoms with van der Waals surface area (Å²) >= 11 is 0. The summed E-state index contributed by atoms with van der Waals surface area (Å²) in [4.78, 5) is 46.8. The molecule has 4 rings (SSSR count). The zero-order valence-corrected chi connectivity index (χ0v) is 20.5. The van der Waals surface area contributed by atoms with Crippen LogP contribution in [0.5, 0.6) is 5.75 Å². The van der Waals surface area contributed by atoms with E-state index >= 15 is 0 Å². The molecule has 11 nitrogen and oxygen atoms in total. The van der Waals surface area contributed by atoms with Crippen LogP contribution in [0.4, 0.5) is 13.2 Å². The number of esters is 1. The molecule has 1 fully saturated rings. The number of hydrogen-bond acceptors (Lipinski definition) is 9. The largest absolute Gasteiger partial charge is 0.494 e. The van der Waals surface area contributed by atoms with Crippen molar-refractivity contribution in [2.75, 3.05) is 20.8 Å². The number of alkyl halides is 3. The standard InChI is InChI=1S/C24H24F3N5O6/c1-10(28)19-18(22(34)32-9-11(20(29)33)8-14(32)23(35)37-3)31-21(38-19)13-4-6-15(36-2)17-12(13)5-7-16(30-17)24(25,26)27/h4-7,10-11,14H,8-9,28H2,1-3H3,(H2,29,33)/t10-,11+,14-/m0/s1. The van der Waals surface area contributed by atoms with Gasteiger partial charge in [0.1, 0.15) is 23.0 Å². The minimum Gasteiger partial charge on any atom is -0.494 e. The van der Waals surface area contributed by atoms with Gasteiger partial charge in [-0.05, 0) is 37.6 Å². The molecule has 4 N–H and O–H groups in total. The van der Waals surface area contributed by atoms with Gasteiger partial charge in [0.25, 0.3) is 5.91 Å². The Labute approximate surface area is 213 Å². The van der Waals surface area contributed by atoms with E-state index in [1.165, 1.54) is 25.3 Å². The summed E-state index contributed by atoms with van der Waals surface area (Å²) in [5.41, 5.74) is 10.2. The van der Waals surface area contributed by atoms with E-state index in [-0.39, 0.29) is 52.5 Å². The summed E-state index contributed by atoms with van der Waals surface area (Å²) in [6.07, 6.45) is -4.71. The second-order valence-corrected chi connectivity index (χ2v) is 8.76. The van der Waals surface area contributed by atoms with Crippen LogP contribution in [0.3, 0.4) is 0 Å². The van der Waals surface area contributed by atoms with Gasteiger partial charge in [-0.1, -0.05) is 0 Å². The molecule has 1 aromatic carbocycles. The van der Waals surface area contributed by atoms with E-state index in [0.29, 0.717) is 0 Å². The molecular weight excluding hydrogens is 511 g/mol. The third-order valence-electron chi connectivity index (χ3n) is 6.27. The zero-order valence-electron chi connectivity index (χ0n) is 20.5. The molecule has 0 spiro atoms. The van der Waals surface area contributed by atoms with Gasteiger partial charge in [-0.25, -0.2) is 14.8 Å². The van der Waals surface area contributed by atoms with Gasteiger partial charge in [-0.15, -0.1) is 0 Å². The Bertz CT molecular complexity index is 1420. The Morgan fingerprint density at radius 3 is 2.45 bits per heavy atom. The Balaban J connectivity index is 1.83. The van der Waals surface area contributed by atoms with Crippen LogP contribution in [-0.2, 0) is 20.5 Å². The van der Waals surface area contributed by atoms with Crippen molar-refractivity contribution in [2.24, 2.45) is 17.4 Å². The molecule has 1 saturated heterocycles. The number of methoxy groups -OCH3 is 2. The summed E-state index contributed by atoms with van der Waals surface area (Å²) in [7, 11) is 2.44. The summed E-state index contributed by atoms with van der Waals surface area (Å²) in [5.74, 6) is -3.01. The number of primary amides is 1. The van der Waals surface area contributed by atoms with E-state index in [4.69, 9.17) is 25.4 Å². The highest BCUT2D eigenvalue weighted by molar-refractivity contribution is 6.00. The third kappa shape index (κ3) is 4.74. The van der Waals surface area contributed by atoms with Crippen LogP contribution in [0.1, 0.15) is 41.3 Å². The molecule has 0 radical (unpaired) electrons. The number of nitrogens with two attached hydrogens (primary N) is 2. The maximum atomic E-state index is 13.6. The Morgan fingerprint density at radius 2 is 1.87 bits per heavy atom. The number of carbonyl (C=O) groups is 3. The van der Waals surface area contributed by atoms with Gasteiger partial charge in [-0.3, -0.25) is 9.59 Å². The second kappa shape index (κ2) is 9.93. The molecule has 3 heterocycles. The highest BCUT2D eigenvalue weighted by Crippen LogP contribution is 2.38. The van der Waals surface area contributed by atoms with Gasteiger partial charge in [0.05, 0.1) is 26.2 Å². The number of rotatable bonds is 6. The van der Waals surface area contributed by atoms with Crippen LogP contribution >= 0.6 is 0 Å². The van der Waals surface area contributed by atoms with E-state index in [1.807, 2.05) is 0 Å². The van der Waals surface area contributed by atoms with Crippen molar-refractivity contribution >= 4 is 28.7 Å². The number of ether oxygens (including phenoxy) is 2. The number of hydrogen-bond donors (Lipinski definition) is 2. The number of carbonyl (C=O) groups excluding carboxylic acids is 3. The van der Waals surface area contributed by atoms with Crippen molar-refractivity contribution in [1.82, 2.24) is 14.9 Å².